The summed E-state index contributed by atoms with van der Waals surface area (Å²) in [5, 5.41) is 7.60. The standard InChI is InChI=1S/C13H22N4O/c1-3-17-12(8-11(2)15-17)9-14-10-13(18)16-6-4-5-7-16/h8,14H,3-7,9-10H2,1-2H3. The van der Waals surface area contributed by atoms with Gasteiger partial charge in [-0.3, -0.25) is 9.48 Å². The van der Waals surface area contributed by atoms with Crippen LogP contribution in [0.1, 0.15) is 31.2 Å². The van der Waals surface area contributed by atoms with Crippen molar-refractivity contribution in [3.05, 3.63) is 17.5 Å². The molecule has 1 amide bonds. The van der Waals surface area contributed by atoms with Gasteiger partial charge >= 0.3 is 0 Å². The Hall–Kier alpha value is -1.36. The Morgan fingerprint density at radius 1 is 1.44 bits per heavy atom. The molecule has 18 heavy (non-hydrogen) atoms. The van der Waals surface area contributed by atoms with Crippen molar-refractivity contribution in [3.63, 3.8) is 0 Å². The van der Waals surface area contributed by atoms with Crippen molar-refractivity contribution in [2.75, 3.05) is 19.6 Å². The molecule has 0 bridgehead atoms. The molecule has 1 saturated heterocycles. The van der Waals surface area contributed by atoms with E-state index in [0.29, 0.717) is 13.1 Å². The lowest BCUT2D eigenvalue weighted by Crippen LogP contribution is -2.36. The molecular weight excluding hydrogens is 228 g/mol. The highest BCUT2D eigenvalue weighted by atomic mass is 16.2. The molecule has 1 aromatic rings. The predicted molar refractivity (Wildman–Crippen MR) is 70.2 cm³/mol. The first-order valence-electron chi connectivity index (χ1n) is 6.72. The molecule has 1 aromatic heterocycles. The maximum atomic E-state index is 11.8. The van der Waals surface area contributed by atoms with Gasteiger partial charge in [-0.15, -0.1) is 0 Å². The molecule has 0 radical (unpaired) electrons. The summed E-state index contributed by atoms with van der Waals surface area (Å²) >= 11 is 0. The molecule has 0 unspecified atom stereocenters. The molecule has 5 nitrogen and oxygen atoms in total. The van der Waals surface area contributed by atoms with Gasteiger partial charge in [0.05, 0.1) is 17.9 Å². The quantitative estimate of drug-likeness (QED) is 0.845. The SMILES string of the molecule is CCn1nc(C)cc1CNCC(=O)N1CCCC1. The number of hydrogen-bond donors (Lipinski definition) is 1. The molecule has 2 rings (SSSR count). The maximum Gasteiger partial charge on any atom is 0.236 e. The third-order valence-corrected chi connectivity index (χ3v) is 3.33. The number of aromatic nitrogens is 2. The van der Waals surface area contributed by atoms with Crippen LogP contribution < -0.4 is 5.32 Å². The van der Waals surface area contributed by atoms with Crippen molar-refractivity contribution in [1.82, 2.24) is 20.0 Å². The summed E-state index contributed by atoms with van der Waals surface area (Å²) in [6.07, 6.45) is 2.29. The van der Waals surface area contributed by atoms with Crippen molar-refractivity contribution in [2.45, 2.75) is 39.8 Å². The second kappa shape index (κ2) is 6.00. The van der Waals surface area contributed by atoms with Crippen LogP contribution in [0.2, 0.25) is 0 Å². The monoisotopic (exact) mass is 250 g/mol. The van der Waals surface area contributed by atoms with E-state index in [2.05, 4.69) is 23.4 Å². The van der Waals surface area contributed by atoms with Crippen molar-refractivity contribution >= 4 is 5.91 Å². The van der Waals surface area contributed by atoms with Crippen molar-refractivity contribution in [3.8, 4) is 0 Å². The van der Waals surface area contributed by atoms with E-state index in [4.69, 9.17) is 0 Å². The Bertz CT molecular complexity index is 407. The van der Waals surface area contributed by atoms with Crippen LogP contribution in [0.15, 0.2) is 6.07 Å². The van der Waals surface area contributed by atoms with E-state index >= 15 is 0 Å². The smallest absolute Gasteiger partial charge is 0.236 e. The molecule has 0 aromatic carbocycles. The maximum absolute atomic E-state index is 11.8. The minimum Gasteiger partial charge on any atom is -0.342 e. The molecule has 0 spiro atoms. The molecule has 1 aliphatic rings. The normalized spacial score (nSPS) is 15.3. The number of nitrogens with one attached hydrogen (secondary N) is 1. The second-order valence-corrected chi connectivity index (χ2v) is 4.78. The van der Waals surface area contributed by atoms with E-state index in [0.717, 1.165) is 43.9 Å². The van der Waals surface area contributed by atoms with E-state index in [-0.39, 0.29) is 5.91 Å². The van der Waals surface area contributed by atoms with Gasteiger partial charge in [0, 0.05) is 26.2 Å². The minimum atomic E-state index is 0.215. The molecule has 1 N–H and O–H groups in total. The molecule has 2 heterocycles. The number of rotatable bonds is 5. The van der Waals surface area contributed by atoms with Gasteiger partial charge in [0.1, 0.15) is 0 Å². The van der Waals surface area contributed by atoms with Crippen LogP contribution in [-0.4, -0.2) is 40.2 Å². The summed E-state index contributed by atoms with van der Waals surface area (Å²) < 4.78 is 1.97. The number of amides is 1. The third kappa shape index (κ3) is 3.10. The topological polar surface area (TPSA) is 50.2 Å². The lowest BCUT2D eigenvalue weighted by molar-refractivity contribution is -0.129. The predicted octanol–water partition coefficient (Wildman–Crippen LogP) is 0.923. The van der Waals surface area contributed by atoms with E-state index in [9.17, 15) is 4.79 Å². The molecule has 1 aliphatic heterocycles. The average Bonchev–Trinajstić information content (AvgIpc) is 2.98. The fourth-order valence-electron chi connectivity index (χ4n) is 2.39. The molecule has 0 atom stereocenters. The summed E-state index contributed by atoms with van der Waals surface area (Å²) in [7, 11) is 0. The van der Waals surface area contributed by atoms with Gasteiger partial charge in [0.2, 0.25) is 5.91 Å². The summed E-state index contributed by atoms with van der Waals surface area (Å²) in [6, 6.07) is 2.07. The van der Waals surface area contributed by atoms with Gasteiger partial charge in [-0.2, -0.15) is 5.10 Å². The Balaban J connectivity index is 1.79. The Morgan fingerprint density at radius 2 is 2.17 bits per heavy atom. The largest absolute Gasteiger partial charge is 0.342 e. The zero-order chi connectivity index (χ0) is 13.0. The molecular formula is C13H22N4O. The highest BCUT2D eigenvalue weighted by Crippen LogP contribution is 2.07. The lowest BCUT2D eigenvalue weighted by atomic mass is 10.3. The van der Waals surface area contributed by atoms with Crippen molar-refractivity contribution in [2.24, 2.45) is 0 Å². The fraction of sp³-hybridized carbons (Fsp3) is 0.692. The molecule has 1 fully saturated rings. The van der Waals surface area contributed by atoms with Crippen LogP contribution in [0.5, 0.6) is 0 Å². The van der Waals surface area contributed by atoms with Crippen LogP contribution in [0.25, 0.3) is 0 Å². The average molecular weight is 250 g/mol. The van der Waals surface area contributed by atoms with E-state index in [1.165, 1.54) is 0 Å². The number of nitrogens with zero attached hydrogens (tertiary/aromatic N) is 3. The summed E-state index contributed by atoms with van der Waals surface area (Å²) in [4.78, 5) is 13.8. The summed E-state index contributed by atoms with van der Waals surface area (Å²) in [6.45, 7) is 7.91. The first kappa shape index (κ1) is 13.1. The van der Waals surface area contributed by atoms with Crippen molar-refractivity contribution in [1.29, 1.82) is 0 Å². The Morgan fingerprint density at radius 3 is 2.83 bits per heavy atom. The lowest BCUT2D eigenvalue weighted by Gasteiger charge is -2.15. The van der Waals surface area contributed by atoms with Gasteiger partial charge in [0.25, 0.3) is 0 Å². The summed E-state index contributed by atoms with van der Waals surface area (Å²) in [5.41, 5.74) is 2.17. The molecule has 100 valence electrons. The zero-order valence-corrected chi connectivity index (χ0v) is 11.3. The van der Waals surface area contributed by atoms with Crippen LogP contribution >= 0.6 is 0 Å². The van der Waals surface area contributed by atoms with Gasteiger partial charge < -0.3 is 10.2 Å². The van der Waals surface area contributed by atoms with Crippen LogP contribution in [-0.2, 0) is 17.9 Å². The second-order valence-electron chi connectivity index (χ2n) is 4.78. The zero-order valence-electron chi connectivity index (χ0n) is 11.3. The number of hydrogen-bond acceptors (Lipinski definition) is 3. The molecule has 0 aliphatic carbocycles. The van der Waals surface area contributed by atoms with Crippen molar-refractivity contribution < 1.29 is 4.79 Å². The van der Waals surface area contributed by atoms with Gasteiger partial charge in [-0.1, -0.05) is 0 Å². The Labute approximate surface area is 108 Å². The fourth-order valence-corrected chi connectivity index (χ4v) is 2.39. The first-order chi connectivity index (χ1) is 8.70. The van der Waals surface area contributed by atoms with Gasteiger partial charge in [-0.25, -0.2) is 0 Å². The number of carbonyl (C=O) groups excluding carboxylic acids is 1. The highest BCUT2D eigenvalue weighted by molar-refractivity contribution is 5.78. The summed E-state index contributed by atoms with van der Waals surface area (Å²) in [5.74, 6) is 0.215. The van der Waals surface area contributed by atoms with E-state index in [1.54, 1.807) is 0 Å². The van der Waals surface area contributed by atoms with Crippen LogP contribution in [0.3, 0.4) is 0 Å². The highest BCUT2D eigenvalue weighted by Gasteiger charge is 2.17. The van der Waals surface area contributed by atoms with Gasteiger partial charge in [0.15, 0.2) is 0 Å². The van der Waals surface area contributed by atoms with E-state index in [1.807, 2.05) is 16.5 Å². The number of likely N-dealkylation sites (tertiary alicyclic amines) is 1. The minimum absolute atomic E-state index is 0.215. The van der Waals surface area contributed by atoms with Gasteiger partial charge in [-0.05, 0) is 32.8 Å². The van der Waals surface area contributed by atoms with Crippen LogP contribution in [0, 0.1) is 6.92 Å². The van der Waals surface area contributed by atoms with E-state index < -0.39 is 0 Å². The Kier molecular flexibility index (Phi) is 4.36. The van der Waals surface area contributed by atoms with Crippen LogP contribution in [0.4, 0.5) is 0 Å². The first-order valence-corrected chi connectivity index (χ1v) is 6.72. The molecule has 5 heteroatoms. The number of aryl methyl sites for hydroxylation is 2. The third-order valence-electron chi connectivity index (χ3n) is 3.33. The number of carbonyl (C=O) groups is 1. The molecule has 0 saturated carbocycles.